The number of nitrogens with one attached hydrogen (secondary N) is 1. The van der Waals surface area contributed by atoms with Crippen LogP contribution in [0.2, 0.25) is 0 Å². The van der Waals surface area contributed by atoms with Crippen LogP contribution < -0.4 is 5.32 Å². The number of rotatable bonds is 6. The highest BCUT2D eigenvalue weighted by molar-refractivity contribution is 7.98. The van der Waals surface area contributed by atoms with Crippen LogP contribution in [0.25, 0.3) is 0 Å². The van der Waals surface area contributed by atoms with Crippen molar-refractivity contribution in [2.75, 3.05) is 11.6 Å². The first-order chi connectivity index (χ1) is 10.2. The minimum atomic E-state index is -0.0866. The van der Waals surface area contributed by atoms with Crippen LogP contribution in [0.3, 0.4) is 0 Å². The minimum Gasteiger partial charge on any atom is -0.326 e. The first-order valence-corrected chi connectivity index (χ1v) is 8.47. The van der Waals surface area contributed by atoms with Crippen LogP contribution in [-0.2, 0) is 4.79 Å². The van der Waals surface area contributed by atoms with Crippen molar-refractivity contribution in [1.82, 2.24) is 0 Å². The zero-order valence-corrected chi connectivity index (χ0v) is 13.3. The number of hydrogen-bond donors (Lipinski definition) is 1. The molecule has 2 aromatic carbocycles. The van der Waals surface area contributed by atoms with Crippen molar-refractivity contribution in [2.24, 2.45) is 0 Å². The Kier molecular flexibility index (Phi) is 5.88. The Bertz CT molecular complexity index is 566. The number of carbonyl (C=O) groups is 1. The Labute approximate surface area is 131 Å². The zero-order valence-electron chi connectivity index (χ0n) is 12.5. The number of amides is 1. The average Bonchev–Trinajstić information content (AvgIpc) is 2.54. The summed E-state index contributed by atoms with van der Waals surface area (Å²) in [6.45, 7) is 2.11. The van der Waals surface area contributed by atoms with Crippen LogP contribution in [0.4, 0.5) is 5.69 Å². The third kappa shape index (κ3) is 4.36. The summed E-state index contributed by atoms with van der Waals surface area (Å²) < 4.78 is 0. The van der Waals surface area contributed by atoms with Crippen molar-refractivity contribution in [3.8, 4) is 0 Å². The second-order valence-electron chi connectivity index (χ2n) is 4.97. The van der Waals surface area contributed by atoms with E-state index in [1.54, 1.807) is 11.8 Å². The number of benzene rings is 2. The maximum Gasteiger partial charge on any atom is 0.231 e. The number of carbonyl (C=O) groups excluding carboxylic acids is 1. The van der Waals surface area contributed by atoms with E-state index in [4.69, 9.17) is 0 Å². The highest BCUT2D eigenvalue weighted by atomic mass is 32.2. The number of anilines is 1. The summed E-state index contributed by atoms with van der Waals surface area (Å²) in [6.07, 6.45) is 3.89. The van der Waals surface area contributed by atoms with Gasteiger partial charge in [-0.25, -0.2) is 0 Å². The van der Waals surface area contributed by atoms with Crippen molar-refractivity contribution in [2.45, 2.75) is 30.6 Å². The van der Waals surface area contributed by atoms with Gasteiger partial charge in [0.15, 0.2) is 0 Å². The molecule has 1 atom stereocenters. The molecule has 0 aliphatic heterocycles. The first kappa shape index (κ1) is 15.6. The van der Waals surface area contributed by atoms with E-state index in [2.05, 4.69) is 12.2 Å². The lowest BCUT2D eigenvalue weighted by molar-refractivity contribution is -0.117. The van der Waals surface area contributed by atoms with Crippen molar-refractivity contribution in [1.29, 1.82) is 0 Å². The third-order valence-electron chi connectivity index (χ3n) is 3.45. The molecule has 1 unspecified atom stereocenters. The van der Waals surface area contributed by atoms with Crippen LogP contribution in [0.5, 0.6) is 0 Å². The van der Waals surface area contributed by atoms with Gasteiger partial charge in [0.05, 0.1) is 5.92 Å². The van der Waals surface area contributed by atoms with Gasteiger partial charge in [0.25, 0.3) is 0 Å². The molecule has 1 N–H and O–H groups in total. The smallest absolute Gasteiger partial charge is 0.231 e. The lowest BCUT2D eigenvalue weighted by Crippen LogP contribution is -2.21. The first-order valence-electron chi connectivity index (χ1n) is 7.24. The minimum absolute atomic E-state index is 0.0694. The summed E-state index contributed by atoms with van der Waals surface area (Å²) in [6, 6.07) is 18.0. The fourth-order valence-corrected chi connectivity index (χ4v) is 2.74. The highest BCUT2D eigenvalue weighted by Crippen LogP contribution is 2.24. The van der Waals surface area contributed by atoms with Crippen LogP contribution in [0.1, 0.15) is 31.2 Å². The summed E-state index contributed by atoms with van der Waals surface area (Å²) in [7, 11) is 0. The standard InChI is InChI=1S/C18H21NOS/c1-3-7-17(14-8-5-4-6-9-14)18(20)19-15-10-12-16(21-2)13-11-15/h4-6,8-13,17H,3,7H2,1-2H3,(H,19,20). The SMILES string of the molecule is CCCC(C(=O)Nc1ccc(SC)cc1)c1ccccc1. The van der Waals surface area contributed by atoms with Gasteiger partial charge in [-0.2, -0.15) is 0 Å². The fraction of sp³-hybridized carbons (Fsp3) is 0.278. The predicted molar refractivity (Wildman–Crippen MR) is 90.9 cm³/mol. The summed E-state index contributed by atoms with van der Waals surface area (Å²) in [4.78, 5) is 13.7. The van der Waals surface area contributed by atoms with Gasteiger partial charge in [0.1, 0.15) is 0 Å². The van der Waals surface area contributed by atoms with Crippen molar-refractivity contribution in [3.05, 3.63) is 60.2 Å². The van der Waals surface area contributed by atoms with E-state index in [0.29, 0.717) is 0 Å². The Morgan fingerprint density at radius 1 is 1.10 bits per heavy atom. The maximum atomic E-state index is 12.5. The van der Waals surface area contributed by atoms with E-state index in [-0.39, 0.29) is 11.8 Å². The molecule has 0 saturated carbocycles. The van der Waals surface area contributed by atoms with Gasteiger partial charge >= 0.3 is 0 Å². The quantitative estimate of drug-likeness (QED) is 0.766. The van der Waals surface area contributed by atoms with E-state index in [0.717, 1.165) is 24.1 Å². The molecular formula is C18H21NOS. The molecule has 0 fully saturated rings. The van der Waals surface area contributed by atoms with Gasteiger partial charge in [0.2, 0.25) is 5.91 Å². The van der Waals surface area contributed by atoms with E-state index in [9.17, 15) is 4.79 Å². The lowest BCUT2D eigenvalue weighted by Gasteiger charge is -2.16. The molecule has 2 nitrogen and oxygen atoms in total. The maximum absolute atomic E-state index is 12.5. The van der Waals surface area contributed by atoms with Gasteiger partial charge in [0, 0.05) is 10.6 Å². The average molecular weight is 299 g/mol. The molecule has 21 heavy (non-hydrogen) atoms. The van der Waals surface area contributed by atoms with E-state index in [1.807, 2.05) is 60.9 Å². The Hall–Kier alpha value is -1.74. The highest BCUT2D eigenvalue weighted by Gasteiger charge is 2.19. The molecule has 3 heteroatoms. The second-order valence-corrected chi connectivity index (χ2v) is 5.85. The molecule has 1 amide bonds. The molecule has 2 aromatic rings. The number of thioether (sulfide) groups is 1. The van der Waals surface area contributed by atoms with Crippen LogP contribution in [0, 0.1) is 0 Å². The van der Waals surface area contributed by atoms with E-state index >= 15 is 0 Å². The normalized spacial score (nSPS) is 11.9. The van der Waals surface area contributed by atoms with Gasteiger partial charge in [-0.15, -0.1) is 11.8 Å². The fourth-order valence-electron chi connectivity index (χ4n) is 2.33. The molecule has 2 rings (SSSR count). The molecule has 0 spiro atoms. The lowest BCUT2D eigenvalue weighted by atomic mass is 9.93. The zero-order chi connectivity index (χ0) is 15.1. The van der Waals surface area contributed by atoms with E-state index < -0.39 is 0 Å². The molecule has 0 aliphatic rings. The molecule has 0 radical (unpaired) electrons. The molecule has 0 heterocycles. The Balaban J connectivity index is 2.11. The van der Waals surface area contributed by atoms with Crippen molar-refractivity contribution in [3.63, 3.8) is 0 Å². The van der Waals surface area contributed by atoms with Crippen LogP contribution in [-0.4, -0.2) is 12.2 Å². The summed E-state index contributed by atoms with van der Waals surface area (Å²) in [5, 5.41) is 3.03. The molecular weight excluding hydrogens is 278 g/mol. The van der Waals surface area contributed by atoms with Gasteiger partial charge in [-0.05, 0) is 42.5 Å². The molecule has 0 aromatic heterocycles. The van der Waals surface area contributed by atoms with Gasteiger partial charge < -0.3 is 5.32 Å². The van der Waals surface area contributed by atoms with Gasteiger partial charge in [-0.3, -0.25) is 4.79 Å². The summed E-state index contributed by atoms with van der Waals surface area (Å²) in [5.41, 5.74) is 1.94. The molecule has 110 valence electrons. The van der Waals surface area contributed by atoms with Crippen molar-refractivity contribution >= 4 is 23.4 Å². The summed E-state index contributed by atoms with van der Waals surface area (Å²) in [5.74, 6) is -0.0172. The molecule has 0 aliphatic carbocycles. The topological polar surface area (TPSA) is 29.1 Å². The molecule has 0 saturated heterocycles. The largest absolute Gasteiger partial charge is 0.326 e. The monoisotopic (exact) mass is 299 g/mol. The second kappa shape index (κ2) is 7.89. The van der Waals surface area contributed by atoms with Gasteiger partial charge in [-0.1, -0.05) is 43.7 Å². The number of hydrogen-bond acceptors (Lipinski definition) is 2. The summed E-state index contributed by atoms with van der Waals surface area (Å²) >= 11 is 1.69. The van der Waals surface area contributed by atoms with Crippen molar-refractivity contribution < 1.29 is 4.79 Å². The predicted octanol–water partition coefficient (Wildman–Crippen LogP) is 4.93. The third-order valence-corrected chi connectivity index (χ3v) is 4.20. The molecule has 0 bridgehead atoms. The van der Waals surface area contributed by atoms with Crippen LogP contribution in [0.15, 0.2) is 59.5 Å². The Morgan fingerprint density at radius 2 is 1.76 bits per heavy atom. The van der Waals surface area contributed by atoms with Crippen LogP contribution >= 0.6 is 11.8 Å². The Morgan fingerprint density at radius 3 is 2.33 bits per heavy atom. The van der Waals surface area contributed by atoms with E-state index in [1.165, 1.54) is 4.90 Å².